The smallest absolute Gasteiger partial charge is 0.222 e. The van der Waals surface area contributed by atoms with Crippen LogP contribution in [0.25, 0.3) is 11.0 Å². The van der Waals surface area contributed by atoms with Gasteiger partial charge >= 0.3 is 0 Å². The molecular weight excluding hydrogens is 245 g/mol. The van der Waals surface area contributed by atoms with Gasteiger partial charge in [-0.1, -0.05) is 18.2 Å². The SMILES string of the molecule is Nc1nc(N)c2c(ccn2Cc2ccccc2F)n1. The number of aromatic nitrogens is 3. The van der Waals surface area contributed by atoms with Crippen LogP contribution in [-0.2, 0) is 6.54 Å². The number of fused-ring (bicyclic) bond motifs is 1. The second kappa shape index (κ2) is 4.24. The summed E-state index contributed by atoms with van der Waals surface area (Å²) in [5.74, 6) is 0.178. The van der Waals surface area contributed by atoms with Crippen molar-refractivity contribution < 1.29 is 4.39 Å². The van der Waals surface area contributed by atoms with Crippen LogP contribution in [0.4, 0.5) is 16.2 Å². The molecule has 1 aromatic carbocycles. The number of hydrogen-bond acceptors (Lipinski definition) is 4. The van der Waals surface area contributed by atoms with Crippen LogP contribution in [0.1, 0.15) is 5.56 Å². The van der Waals surface area contributed by atoms with Gasteiger partial charge in [-0.05, 0) is 12.1 Å². The van der Waals surface area contributed by atoms with Crippen molar-refractivity contribution >= 4 is 22.8 Å². The van der Waals surface area contributed by atoms with Gasteiger partial charge in [0.1, 0.15) is 11.3 Å². The summed E-state index contributed by atoms with van der Waals surface area (Å²) in [6, 6.07) is 8.39. The van der Waals surface area contributed by atoms with Crippen molar-refractivity contribution in [2.75, 3.05) is 11.5 Å². The Morgan fingerprint density at radius 3 is 2.68 bits per heavy atom. The van der Waals surface area contributed by atoms with Crippen molar-refractivity contribution in [1.82, 2.24) is 14.5 Å². The lowest BCUT2D eigenvalue weighted by Gasteiger charge is -2.08. The average Bonchev–Trinajstić information content (AvgIpc) is 2.75. The quantitative estimate of drug-likeness (QED) is 0.733. The molecular formula is C13H12FN5. The van der Waals surface area contributed by atoms with E-state index in [9.17, 15) is 4.39 Å². The van der Waals surface area contributed by atoms with E-state index in [4.69, 9.17) is 11.5 Å². The molecule has 0 aliphatic rings. The van der Waals surface area contributed by atoms with Gasteiger partial charge in [-0.25, -0.2) is 9.37 Å². The zero-order valence-corrected chi connectivity index (χ0v) is 10.0. The topological polar surface area (TPSA) is 82.7 Å². The van der Waals surface area contributed by atoms with Gasteiger partial charge in [0.15, 0.2) is 5.82 Å². The first kappa shape index (κ1) is 11.5. The van der Waals surface area contributed by atoms with E-state index < -0.39 is 0 Å². The van der Waals surface area contributed by atoms with E-state index in [2.05, 4.69) is 9.97 Å². The second-order valence-corrected chi connectivity index (χ2v) is 4.24. The van der Waals surface area contributed by atoms with Crippen LogP contribution in [-0.4, -0.2) is 14.5 Å². The zero-order chi connectivity index (χ0) is 13.4. The Balaban J connectivity index is 2.09. The van der Waals surface area contributed by atoms with Crippen LogP contribution in [0.3, 0.4) is 0 Å². The molecule has 3 rings (SSSR count). The summed E-state index contributed by atoms with van der Waals surface area (Å²) in [6.45, 7) is 0.369. The van der Waals surface area contributed by atoms with Crippen molar-refractivity contribution in [3.8, 4) is 0 Å². The minimum Gasteiger partial charge on any atom is -0.382 e. The fourth-order valence-corrected chi connectivity index (χ4v) is 2.10. The molecule has 3 aromatic rings. The molecule has 0 bridgehead atoms. The molecule has 0 unspecified atom stereocenters. The molecule has 0 radical (unpaired) electrons. The normalized spacial score (nSPS) is 11.0. The Hall–Kier alpha value is -2.63. The molecule has 2 heterocycles. The molecule has 0 saturated heterocycles. The summed E-state index contributed by atoms with van der Waals surface area (Å²) in [7, 11) is 0. The number of halogens is 1. The van der Waals surface area contributed by atoms with E-state index in [1.807, 2.05) is 4.57 Å². The van der Waals surface area contributed by atoms with Gasteiger partial charge in [0.25, 0.3) is 0 Å². The lowest BCUT2D eigenvalue weighted by atomic mass is 10.2. The average molecular weight is 257 g/mol. The molecule has 0 fully saturated rings. The van der Waals surface area contributed by atoms with Gasteiger partial charge in [0.2, 0.25) is 5.95 Å². The van der Waals surface area contributed by atoms with Gasteiger partial charge in [-0.3, -0.25) is 0 Å². The number of benzene rings is 1. The highest BCUT2D eigenvalue weighted by Gasteiger charge is 2.10. The van der Waals surface area contributed by atoms with Gasteiger partial charge < -0.3 is 16.0 Å². The standard InChI is InChI=1S/C13H12FN5/c14-9-4-2-1-3-8(9)7-19-6-5-10-11(19)12(15)18-13(16)17-10/h1-6H,7H2,(H4,15,16,17,18). The summed E-state index contributed by atoms with van der Waals surface area (Å²) in [4.78, 5) is 8.02. The number of anilines is 2. The maximum atomic E-state index is 13.7. The third-order valence-corrected chi connectivity index (χ3v) is 2.95. The molecule has 19 heavy (non-hydrogen) atoms. The van der Waals surface area contributed by atoms with Crippen molar-refractivity contribution in [1.29, 1.82) is 0 Å². The molecule has 0 aliphatic heterocycles. The lowest BCUT2D eigenvalue weighted by molar-refractivity contribution is 0.602. The number of nitrogens with two attached hydrogens (primary N) is 2. The zero-order valence-electron chi connectivity index (χ0n) is 10.0. The second-order valence-electron chi connectivity index (χ2n) is 4.24. The van der Waals surface area contributed by atoms with Crippen LogP contribution < -0.4 is 11.5 Å². The first-order valence-electron chi connectivity index (χ1n) is 5.76. The van der Waals surface area contributed by atoms with Crippen LogP contribution in [0.2, 0.25) is 0 Å². The van der Waals surface area contributed by atoms with Gasteiger partial charge in [0, 0.05) is 11.8 Å². The van der Waals surface area contributed by atoms with Crippen LogP contribution in [0, 0.1) is 5.82 Å². The van der Waals surface area contributed by atoms with Crippen molar-refractivity contribution in [3.05, 3.63) is 47.9 Å². The van der Waals surface area contributed by atoms with Crippen LogP contribution in [0.5, 0.6) is 0 Å². The van der Waals surface area contributed by atoms with Gasteiger partial charge in [-0.15, -0.1) is 0 Å². The van der Waals surface area contributed by atoms with Crippen molar-refractivity contribution in [3.63, 3.8) is 0 Å². The summed E-state index contributed by atoms with van der Waals surface area (Å²) >= 11 is 0. The molecule has 0 atom stereocenters. The van der Waals surface area contributed by atoms with Crippen molar-refractivity contribution in [2.24, 2.45) is 0 Å². The number of nitrogens with zero attached hydrogens (tertiary/aromatic N) is 3. The molecule has 0 aliphatic carbocycles. The lowest BCUT2D eigenvalue weighted by Crippen LogP contribution is -2.05. The van der Waals surface area contributed by atoms with Gasteiger partial charge in [-0.2, -0.15) is 4.98 Å². The highest BCUT2D eigenvalue weighted by Crippen LogP contribution is 2.21. The van der Waals surface area contributed by atoms with Crippen LogP contribution >= 0.6 is 0 Å². The summed E-state index contributed by atoms with van der Waals surface area (Å²) in [5, 5.41) is 0. The molecule has 96 valence electrons. The molecule has 0 saturated carbocycles. The minimum atomic E-state index is -0.251. The van der Waals surface area contributed by atoms with Gasteiger partial charge in [0.05, 0.1) is 12.1 Å². The summed E-state index contributed by atoms with van der Waals surface area (Å²) < 4.78 is 15.5. The fourth-order valence-electron chi connectivity index (χ4n) is 2.10. The third-order valence-electron chi connectivity index (χ3n) is 2.95. The van der Waals surface area contributed by atoms with E-state index in [1.54, 1.807) is 30.5 Å². The Kier molecular flexibility index (Phi) is 2.56. The molecule has 0 spiro atoms. The molecule has 0 amide bonds. The van der Waals surface area contributed by atoms with E-state index in [1.165, 1.54) is 6.07 Å². The van der Waals surface area contributed by atoms with E-state index in [-0.39, 0.29) is 11.8 Å². The Morgan fingerprint density at radius 2 is 1.89 bits per heavy atom. The van der Waals surface area contributed by atoms with E-state index >= 15 is 0 Å². The number of hydrogen-bond donors (Lipinski definition) is 2. The predicted octanol–water partition coefficient (Wildman–Crippen LogP) is 1.78. The third kappa shape index (κ3) is 1.97. The fraction of sp³-hybridized carbons (Fsp3) is 0.0769. The summed E-state index contributed by atoms with van der Waals surface area (Å²) in [5.41, 5.74) is 13.3. The summed E-state index contributed by atoms with van der Waals surface area (Å²) in [6.07, 6.45) is 1.79. The number of nitrogen functional groups attached to an aromatic ring is 2. The molecule has 6 heteroatoms. The maximum Gasteiger partial charge on any atom is 0.222 e. The number of rotatable bonds is 2. The highest BCUT2D eigenvalue weighted by molar-refractivity contribution is 5.86. The van der Waals surface area contributed by atoms with E-state index in [0.29, 0.717) is 29.0 Å². The maximum absolute atomic E-state index is 13.7. The first-order valence-corrected chi connectivity index (χ1v) is 5.76. The van der Waals surface area contributed by atoms with Crippen molar-refractivity contribution in [2.45, 2.75) is 6.54 Å². The monoisotopic (exact) mass is 257 g/mol. The Labute approximate surface area is 108 Å². The minimum absolute atomic E-state index is 0.133. The highest BCUT2D eigenvalue weighted by atomic mass is 19.1. The Bertz CT molecular complexity index is 750. The first-order chi connectivity index (χ1) is 9.15. The van der Waals surface area contributed by atoms with E-state index in [0.717, 1.165) is 0 Å². The van der Waals surface area contributed by atoms with Crippen LogP contribution in [0.15, 0.2) is 36.5 Å². The largest absolute Gasteiger partial charge is 0.382 e. The Morgan fingerprint density at radius 1 is 1.11 bits per heavy atom. The molecule has 5 nitrogen and oxygen atoms in total. The predicted molar refractivity (Wildman–Crippen MR) is 71.9 cm³/mol. The molecule has 4 N–H and O–H groups in total. The molecule has 2 aromatic heterocycles.